The first-order chi connectivity index (χ1) is 20.1. The molecule has 5 amide bonds. The third kappa shape index (κ3) is 4.19. The molecule has 4 fully saturated rings. The van der Waals surface area contributed by atoms with Crippen LogP contribution >= 0.6 is 0 Å². The molecule has 3 saturated heterocycles. The van der Waals surface area contributed by atoms with Crippen LogP contribution in [0.4, 0.5) is 15.9 Å². The number of hydrogen-bond donors (Lipinski definition) is 2. The van der Waals surface area contributed by atoms with Gasteiger partial charge in [-0.1, -0.05) is 0 Å². The number of anilines is 2. The predicted octanol–water partition coefficient (Wildman–Crippen LogP) is -0.0932. The molecule has 0 radical (unpaired) electrons. The van der Waals surface area contributed by atoms with Crippen molar-refractivity contribution in [3.05, 3.63) is 47.2 Å². The van der Waals surface area contributed by atoms with Gasteiger partial charge in [0, 0.05) is 57.1 Å². The van der Waals surface area contributed by atoms with Crippen molar-refractivity contribution in [2.45, 2.75) is 37.8 Å². The van der Waals surface area contributed by atoms with E-state index in [2.05, 4.69) is 25.1 Å². The summed E-state index contributed by atoms with van der Waals surface area (Å²) in [5.74, 6) is -2.96. The van der Waals surface area contributed by atoms with Crippen LogP contribution in [-0.4, -0.2) is 101 Å². The Morgan fingerprint density at radius 2 is 1.64 bits per heavy atom. The molecule has 1 spiro atoms. The second-order valence-corrected chi connectivity index (χ2v) is 11.9. The number of amides is 5. The third-order valence-corrected chi connectivity index (χ3v) is 9.28. The molecule has 14 heteroatoms. The molecule has 5 heterocycles. The number of aromatic nitrogens is 2. The molecule has 1 aliphatic carbocycles. The Balaban J connectivity index is 0.949. The van der Waals surface area contributed by atoms with Crippen molar-refractivity contribution in [3.8, 4) is 0 Å². The van der Waals surface area contributed by atoms with Gasteiger partial charge in [0.15, 0.2) is 0 Å². The average Bonchev–Trinajstić information content (AvgIpc) is 3.16. The second-order valence-electron chi connectivity index (χ2n) is 11.9. The summed E-state index contributed by atoms with van der Waals surface area (Å²) in [4.78, 5) is 76.9. The van der Waals surface area contributed by atoms with Gasteiger partial charge in [-0.2, -0.15) is 0 Å². The first-order valence-corrected chi connectivity index (χ1v) is 14.0. The number of rotatable bonds is 5. The van der Waals surface area contributed by atoms with Crippen molar-refractivity contribution in [3.63, 3.8) is 0 Å². The molecule has 2 aromatic rings. The van der Waals surface area contributed by atoms with Crippen LogP contribution < -0.4 is 20.9 Å². The number of carbonyl (C=O) groups is 5. The molecule has 42 heavy (non-hydrogen) atoms. The molecule has 3 N–H and O–H groups in total. The molecule has 1 aromatic carbocycles. The summed E-state index contributed by atoms with van der Waals surface area (Å²) in [7, 11) is 0. The Hall–Kier alpha value is -4.46. The van der Waals surface area contributed by atoms with Crippen LogP contribution in [0.1, 0.15) is 56.9 Å². The van der Waals surface area contributed by atoms with Gasteiger partial charge in [0.2, 0.25) is 11.8 Å². The maximum Gasteiger partial charge on any atom is 0.268 e. The number of nitrogens with one attached hydrogen (secondary N) is 1. The number of imide groups is 2. The van der Waals surface area contributed by atoms with Gasteiger partial charge in [-0.3, -0.25) is 39.1 Å². The predicted molar refractivity (Wildman–Crippen MR) is 145 cm³/mol. The summed E-state index contributed by atoms with van der Waals surface area (Å²) < 4.78 is 15.2. The number of nitrogens with two attached hydrogens (primary N) is 1. The molecule has 1 aromatic heterocycles. The van der Waals surface area contributed by atoms with Gasteiger partial charge in [-0.15, -0.1) is 0 Å². The smallest absolute Gasteiger partial charge is 0.268 e. The van der Waals surface area contributed by atoms with Crippen molar-refractivity contribution < 1.29 is 28.4 Å². The Labute approximate surface area is 239 Å². The van der Waals surface area contributed by atoms with Crippen LogP contribution in [0.3, 0.4) is 0 Å². The summed E-state index contributed by atoms with van der Waals surface area (Å²) >= 11 is 0. The topological polar surface area (TPSA) is 162 Å². The monoisotopic (exact) mass is 576 g/mol. The molecular weight excluding hydrogens is 547 g/mol. The van der Waals surface area contributed by atoms with E-state index >= 15 is 4.39 Å². The van der Waals surface area contributed by atoms with Crippen LogP contribution in [0.15, 0.2) is 24.5 Å². The van der Waals surface area contributed by atoms with Gasteiger partial charge < -0.3 is 15.5 Å². The molecular formula is C28H29FN8O5. The highest BCUT2D eigenvalue weighted by molar-refractivity contribution is 6.23. The minimum absolute atomic E-state index is 0.0247. The fourth-order valence-corrected chi connectivity index (χ4v) is 7.04. The van der Waals surface area contributed by atoms with E-state index in [0.29, 0.717) is 19.1 Å². The largest absolute Gasteiger partial charge is 0.368 e. The Morgan fingerprint density at radius 3 is 2.26 bits per heavy atom. The van der Waals surface area contributed by atoms with E-state index in [1.807, 2.05) is 4.90 Å². The third-order valence-electron chi connectivity index (χ3n) is 9.28. The van der Waals surface area contributed by atoms with Crippen molar-refractivity contribution in [1.29, 1.82) is 0 Å². The van der Waals surface area contributed by atoms with E-state index in [0.717, 1.165) is 55.8 Å². The Bertz CT molecular complexity index is 1530. The van der Waals surface area contributed by atoms with Crippen molar-refractivity contribution in [1.82, 2.24) is 25.1 Å². The van der Waals surface area contributed by atoms with E-state index in [4.69, 9.17) is 5.73 Å². The van der Waals surface area contributed by atoms with Gasteiger partial charge in [0.05, 0.1) is 29.2 Å². The zero-order valence-electron chi connectivity index (χ0n) is 22.7. The second kappa shape index (κ2) is 9.54. The van der Waals surface area contributed by atoms with E-state index in [1.54, 1.807) is 6.20 Å². The fraction of sp³-hybridized carbons (Fsp3) is 0.464. The zero-order chi connectivity index (χ0) is 29.3. The van der Waals surface area contributed by atoms with E-state index in [1.165, 1.54) is 12.3 Å². The number of benzene rings is 1. The zero-order valence-corrected chi connectivity index (χ0v) is 22.7. The maximum absolute atomic E-state index is 15.2. The number of primary amides is 1. The molecule has 13 nitrogen and oxygen atoms in total. The minimum Gasteiger partial charge on any atom is -0.368 e. The summed E-state index contributed by atoms with van der Waals surface area (Å²) in [6, 6.07) is 1.89. The maximum atomic E-state index is 15.2. The van der Waals surface area contributed by atoms with E-state index < -0.39 is 41.4 Å². The Kier molecular flexibility index (Phi) is 6.01. The molecule has 7 rings (SSSR count). The molecule has 1 unspecified atom stereocenters. The fourth-order valence-electron chi connectivity index (χ4n) is 7.04. The number of hydrogen-bond acceptors (Lipinski definition) is 10. The molecule has 218 valence electrons. The van der Waals surface area contributed by atoms with Gasteiger partial charge in [-0.25, -0.2) is 14.4 Å². The molecule has 4 aliphatic heterocycles. The van der Waals surface area contributed by atoms with Crippen molar-refractivity contribution >= 4 is 41.0 Å². The van der Waals surface area contributed by atoms with Gasteiger partial charge in [0.1, 0.15) is 23.4 Å². The first kappa shape index (κ1) is 26.4. The number of fused-ring (bicyclic) bond motifs is 1. The number of nitrogens with zero attached hydrogens (tertiary/aromatic N) is 6. The van der Waals surface area contributed by atoms with Crippen LogP contribution in [0, 0.1) is 11.2 Å². The minimum atomic E-state index is -1.09. The van der Waals surface area contributed by atoms with Crippen LogP contribution in [-0.2, 0) is 9.59 Å². The number of piperidine rings is 1. The highest BCUT2D eigenvalue weighted by Crippen LogP contribution is 2.52. The van der Waals surface area contributed by atoms with Crippen LogP contribution in [0.5, 0.6) is 0 Å². The average molecular weight is 577 g/mol. The number of carbonyl (C=O) groups excluding carboxylic acids is 5. The number of piperazine rings is 1. The van der Waals surface area contributed by atoms with E-state index in [9.17, 15) is 24.0 Å². The lowest BCUT2D eigenvalue weighted by Crippen LogP contribution is -2.68. The summed E-state index contributed by atoms with van der Waals surface area (Å²) in [5.41, 5.74) is 5.79. The first-order valence-electron chi connectivity index (χ1n) is 14.0. The highest BCUT2D eigenvalue weighted by atomic mass is 19.1. The van der Waals surface area contributed by atoms with Crippen LogP contribution in [0.25, 0.3) is 0 Å². The summed E-state index contributed by atoms with van der Waals surface area (Å²) in [6.45, 7) is 4.68. The molecule has 1 saturated carbocycles. The summed E-state index contributed by atoms with van der Waals surface area (Å²) in [6.07, 6.45) is 5.05. The van der Waals surface area contributed by atoms with Gasteiger partial charge in [0.25, 0.3) is 17.7 Å². The lowest BCUT2D eigenvalue weighted by Gasteiger charge is -2.62. The molecule has 0 bridgehead atoms. The van der Waals surface area contributed by atoms with Gasteiger partial charge in [-0.05, 0) is 31.4 Å². The molecule has 1 atom stereocenters. The highest BCUT2D eigenvalue weighted by Gasteiger charge is 2.55. The Morgan fingerprint density at radius 1 is 0.952 bits per heavy atom. The normalized spacial score (nSPS) is 24.0. The summed E-state index contributed by atoms with van der Waals surface area (Å²) in [5, 5.41) is 2.17. The lowest BCUT2D eigenvalue weighted by molar-refractivity contribution is -0.136. The quantitative estimate of drug-likeness (QED) is 0.460. The van der Waals surface area contributed by atoms with Crippen molar-refractivity contribution in [2.75, 3.05) is 49.1 Å². The number of halogens is 1. The lowest BCUT2D eigenvalue weighted by atomic mass is 9.60. The van der Waals surface area contributed by atoms with Gasteiger partial charge >= 0.3 is 0 Å². The standard InChI is InChI=1S/C28H29FN8O5/c29-18-7-16-17(27(42)37(26(16)41)20-1-2-23(38)33-25(20)40)8-21(18)36-13-28(14-36)9-15(10-28)34-3-5-35(6-4-34)22-12-31-19(11-32-22)24(30)39/h7-8,11-12,15,20H,1-6,9-10,13-14H2,(H2,30,39)(H,33,38,40). The van der Waals surface area contributed by atoms with E-state index in [-0.39, 0.29) is 40.8 Å². The SMILES string of the molecule is NC(=O)c1cnc(N2CCN(C3CC4(C3)CN(c3cc5c(cc3F)C(=O)N(C3CCC(=O)NC3=O)C5=O)C4)CC2)cn1. The van der Waals surface area contributed by atoms with Crippen molar-refractivity contribution in [2.24, 2.45) is 11.1 Å². The molecule has 5 aliphatic rings. The van der Waals surface area contributed by atoms with Crippen LogP contribution in [0.2, 0.25) is 0 Å².